The van der Waals surface area contributed by atoms with Crippen LogP contribution < -0.4 is 5.43 Å². The van der Waals surface area contributed by atoms with Crippen LogP contribution in [0.4, 0.5) is 0 Å². The second-order valence-electron chi connectivity index (χ2n) is 7.50. The fourth-order valence-corrected chi connectivity index (χ4v) is 3.01. The molecule has 6 nitrogen and oxygen atoms in total. The highest BCUT2D eigenvalue weighted by molar-refractivity contribution is 7.80. The molecule has 1 aromatic carbocycles. The van der Waals surface area contributed by atoms with Crippen LogP contribution in [0.1, 0.15) is 43.8 Å². The van der Waals surface area contributed by atoms with E-state index < -0.39 is 29.7 Å². The van der Waals surface area contributed by atoms with E-state index in [-0.39, 0.29) is 11.3 Å². The molecule has 27 heavy (non-hydrogen) atoms. The summed E-state index contributed by atoms with van der Waals surface area (Å²) in [7, 11) is -0.533. The summed E-state index contributed by atoms with van der Waals surface area (Å²) < 4.78 is 17.4. The van der Waals surface area contributed by atoms with Crippen molar-refractivity contribution >= 4 is 42.8 Å². The molecule has 1 N–H and O–H groups in total. The minimum Gasteiger partial charge on any atom is -0.475 e. The summed E-state index contributed by atoms with van der Waals surface area (Å²) >= 11 is 4.39. The molecule has 2 heterocycles. The maximum Gasteiger partial charge on any atom is 0.491 e. The summed E-state index contributed by atoms with van der Waals surface area (Å²) in [5.41, 5.74) is 0.459. The maximum absolute atomic E-state index is 12.2. The summed E-state index contributed by atoms with van der Waals surface area (Å²) in [6.07, 6.45) is 1.86. The van der Waals surface area contributed by atoms with Gasteiger partial charge in [-0.3, -0.25) is 4.79 Å². The van der Waals surface area contributed by atoms with Crippen molar-refractivity contribution in [3.8, 4) is 0 Å². The first kappa shape index (κ1) is 19.7. The van der Waals surface area contributed by atoms with Gasteiger partial charge < -0.3 is 18.8 Å². The number of hydrogen-bond acceptors (Lipinski definition) is 6. The van der Waals surface area contributed by atoms with Gasteiger partial charge in [-0.05, 0) is 50.9 Å². The van der Waals surface area contributed by atoms with Crippen LogP contribution >= 0.6 is 12.6 Å². The Morgan fingerprint density at radius 1 is 1.19 bits per heavy atom. The van der Waals surface area contributed by atoms with Crippen LogP contribution in [-0.2, 0) is 9.31 Å². The lowest BCUT2D eigenvalue weighted by molar-refractivity contribution is 0.00578. The van der Waals surface area contributed by atoms with E-state index in [2.05, 4.69) is 12.6 Å². The number of carboxylic acid groups (broad SMARTS) is 1. The molecule has 0 aliphatic carbocycles. The molecule has 1 aromatic heterocycles. The van der Waals surface area contributed by atoms with Gasteiger partial charge in [0.25, 0.3) is 0 Å². The van der Waals surface area contributed by atoms with Crippen molar-refractivity contribution in [3.63, 3.8) is 0 Å². The second kappa shape index (κ2) is 6.85. The van der Waals surface area contributed by atoms with Gasteiger partial charge in [-0.25, -0.2) is 4.79 Å². The van der Waals surface area contributed by atoms with Crippen molar-refractivity contribution in [1.82, 2.24) is 0 Å². The Hall–Kier alpha value is -2.03. The lowest BCUT2D eigenvalue weighted by Gasteiger charge is -2.32. The summed E-state index contributed by atoms with van der Waals surface area (Å²) in [5, 5.41) is 9.31. The average molecular weight is 388 g/mol. The molecule has 0 unspecified atom stereocenters. The third kappa shape index (κ3) is 3.70. The van der Waals surface area contributed by atoms with Crippen molar-refractivity contribution in [1.29, 1.82) is 0 Å². The summed E-state index contributed by atoms with van der Waals surface area (Å²) in [5.74, 6) is -1.25. The smallest absolute Gasteiger partial charge is 0.475 e. The average Bonchev–Trinajstić information content (AvgIpc) is 2.80. The van der Waals surface area contributed by atoms with Crippen LogP contribution in [0.25, 0.3) is 17.0 Å². The van der Waals surface area contributed by atoms with Crippen LogP contribution in [0.15, 0.2) is 38.9 Å². The van der Waals surface area contributed by atoms with Crippen LogP contribution in [0.3, 0.4) is 0 Å². The quantitative estimate of drug-likeness (QED) is 0.617. The van der Waals surface area contributed by atoms with Crippen LogP contribution in [0.5, 0.6) is 0 Å². The van der Waals surface area contributed by atoms with E-state index in [1.165, 1.54) is 0 Å². The summed E-state index contributed by atoms with van der Waals surface area (Å²) in [6.45, 7) is 7.91. The van der Waals surface area contributed by atoms with Gasteiger partial charge in [0.1, 0.15) is 5.58 Å². The standard InChI is InChI=1S/C19H21BO6S/c1-18(2)19(3,4)26-20(25-18)12(10-27)7-11-5-6-15-13(8-11)14(21)9-16(24-15)17(22)23/h5-9,27H,10H2,1-4H3,(H,22,23). The van der Waals surface area contributed by atoms with Crippen molar-refractivity contribution in [2.75, 3.05) is 5.75 Å². The number of thiol groups is 1. The van der Waals surface area contributed by atoms with E-state index in [1.807, 2.05) is 33.8 Å². The normalized spacial score (nSPS) is 18.9. The zero-order valence-corrected chi connectivity index (χ0v) is 16.5. The van der Waals surface area contributed by atoms with Crippen LogP contribution in [0, 0.1) is 0 Å². The van der Waals surface area contributed by atoms with Gasteiger partial charge in [0.15, 0.2) is 5.43 Å². The molecule has 1 fully saturated rings. The predicted molar refractivity (Wildman–Crippen MR) is 107 cm³/mol. The highest BCUT2D eigenvalue weighted by Crippen LogP contribution is 2.39. The fourth-order valence-electron chi connectivity index (χ4n) is 2.77. The van der Waals surface area contributed by atoms with E-state index in [0.717, 1.165) is 17.1 Å². The SMILES string of the molecule is CC1(C)OB(C(=Cc2ccc3oc(C(=O)O)cc(=O)c3c2)CS)OC1(C)C. The molecule has 1 aliphatic heterocycles. The molecule has 0 spiro atoms. The number of aromatic carboxylic acids is 1. The maximum atomic E-state index is 12.2. The Morgan fingerprint density at radius 2 is 1.81 bits per heavy atom. The van der Waals surface area contributed by atoms with Crippen molar-refractivity contribution in [2.24, 2.45) is 0 Å². The third-order valence-corrected chi connectivity index (χ3v) is 5.42. The monoisotopic (exact) mass is 388 g/mol. The number of fused-ring (bicyclic) bond motifs is 1. The van der Waals surface area contributed by atoms with Gasteiger partial charge in [0.2, 0.25) is 5.76 Å². The summed E-state index contributed by atoms with van der Waals surface area (Å²) in [6, 6.07) is 5.95. The number of carbonyl (C=O) groups is 1. The molecule has 2 aromatic rings. The molecule has 0 atom stereocenters. The molecule has 0 radical (unpaired) electrons. The lowest BCUT2D eigenvalue weighted by Crippen LogP contribution is -2.41. The number of hydrogen-bond donors (Lipinski definition) is 2. The molecule has 3 rings (SSSR count). The van der Waals surface area contributed by atoms with Crippen molar-refractivity contribution < 1.29 is 23.6 Å². The number of carboxylic acids is 1. The van der Waals surface area contributed by atoms with Crippen molar-refractivity contribution in [3.05, 3.63) is 51.3 Å². The zero-order valence-electron chi connectivity index (χ0n) is 15.6. The van der Waals surface area contributed by atoms with E-state index in [9.17, 15) is 9.59 Å². The highest BCUT2D eigenvalue weighted by atomic mass is 32.1. The molecular weight excluding hydrogens is 367 g/mol. The van der Waals surface area contributed by atoms with Gasteiger partial charge in [-0.2, -0.15) is 12.6 Å². The minimum absolute atomic E-state index is 0.222. The minimum atomic E-state index is -1.28. The molecule has 8 heteroatoms. The molecule has 1 saturated heterocycles. The van der Waals surface area contributed by atoms with E-state index >= 15 is 0 Å². The highest BCUT2D eigenvalue weighted by Gasteiger charge is 2.52. The third-order valence-electron chi connectivity index (χ3n) is 5.05. The van der Waals surface area contributed by atoms with Gasteiger partial charge in [-0.1, -0.05) is 12.1 Å². The van der Waals surface area contributed by atoms with Gasteiger partial charge in [0, 0.05) is 11.8 Å². The van der Waals surface area contributed by atoms with Crippen LogP contribution in [-0.4, -0.2) is 35.1 Å². The van der Waals surface area contributed by atoms with E-state index in [1.54, 1.807) is 18.2 Å². The molecule has 0 saturated carbocycles. The summed E-state index contributed by atoms with van der Waals surface area (Å²) in [4.78, 5) is 23.3. The fraction of sp³-hybridized carbons (Fsp3) is 0.368. The first-order valence-electron chi connectivity index (χ1n) is 8.52. The molecule has 1 aliphatic rings. The van der Waals surface area contributed by atoms with E-state index in [0.29, 0.717) is 11.1 Å². The molecule has 142 valence electrons. The van der Waals surface area contributed by atoms with Gasteiger partial charge in [-0.15, -0.1) is 0 Å². The first-order chi connectivity index (χ1) is 12.5. The zero-order chi connectivity index (χ0) is 20.0. The second-order valence-corrected chi connectivity index (χ2v) is 7.82. The lowest BCUT2D eigenvalue weighted by atomic mass is 9.78. The molecule has 0 bridgehead atoms. The predicted octanol–water partition coefficient (Wildman–Crippen LogP) is 3.44. The Bertz CT molecular complexity index is 975. The number of benzene rings is 1. The van der Waals surface area contributed by atoms with Crippen molar-refractivity contribution in [2.45, 2.75) is 38.9 Å². The van der Waals surface area contributed by atoms with Crippen LogP contribution in [0.2, 0.25) is 0 Å². The largest absolute Gasteiger partial charge is 0.491 e. The van der Waals surface area contributed by atoms with Gasteiger partial charge >= 0.3 is 13.1 Å². The molecule has 0 amide bonds. The topological polar surface area (TPSA) is 86.0 Å². The Morgan fingerprint density at radius 3 is 2.37 bits per heavy atom. The Kier molecular flexibility index (Phi) is 5.01. The Balaban J connectivity index is 1.99. The number of rotatable bonds is 4. The van der Waals surface area contributed by atoms with Gasteiger partial charge in [0.05, 0.1) is 16.6 Å². The first-order valence-corrected chi connectivity index (χ1v) is 9.15. The molecular formula is C19H21BO6S. The Labute approximate surface area is 162 Å². The van der Waals surface area contributed by atoms with E-state index in [4.69, 9.17) is 18.8 Å².